The summed E-state index contributed by atoms with van der Waals surface area (Å²) < 4.78 is 68.1. The Kier molecular flexibility index (Phi) is 7.71. The summed E-state index contributed by atoms with van der Waals surface area (Å²) in [4.78, 5) is 31.2. The lowest BCUT2D eigenvalue weighted by molar-refractivity contribution is -0.0498. The van der Waals surface area contributed by atoms with Crippen LogP contribution < -0.4 is 25.5 Å². The number of benzene rings is 2. The molecule has 0 aliphatic carbocycles. The number of hydrogen-bond acceptors (Lipinski definition) is 7. The van der Waals surface area contributed by atoms with Gasteiger partial charge in [-0.1, -0.05) is 12.1 Å². The van der Waals surface area contributed by atoms with E-state index in [0.717, 1.165) is 4.57 Å². The van der Waals surface area contributed by atoms with Crippen LogP contribution in [0.4, 0.5) is 17.6 Å². The number of halogens is 4. The van der Waals surface area contributed by atoms with Crippen LogP contribution in [0.15, 0.2) is 52.1 Å². The van der Waals surface area contributed by atoms with Gasteiger partial charge in [0.2, 0.25) is 0 Å². The van der Waals surface area contributed by atoms with Gasteiger partial charge < -0.3 is 23.9 Å². The highest BCUT2D eigenvalue weighted by Crippen LogP contribution is 2.33. The number of H-pyrrole nitrogens is 1. The van der Waals surface area contributed by atoms with Crippen LogP contribution in [0.2, 0.25) is 0 Å². The Morgan fingerprint density at radius 3 is 2.39 bits per heavy atom. The van der Waals surface area contributed by atoms with Gasteiger partial charge in [-0.2, -0.15) is 8.78 Å². The van der Waals surface area contributed by atoms with Crippen molar-refractivity contribution >= 4 is 11.2 Å². The van der Waals surface area contributed by atoms with E-state index in [1.54, 1.807) is 30.3 Å². The maximum atomic E-state index is 12.9. The number of fused-ring (bicyclic) bond motifs is 1. The number of ether oxygens (including phenoxy) is 3. The number of methoxy groups -OCH3 is 1. The second-order valence-electron chi connectivity index (χ2n) is 8.12. The second-order valence-corrected chi connectivity index (χ2v) is 8.12. The van der Waals surface area contributed by atoms with Gasteiger partial charge >= 0.3 is 12.3 Å². The van der Waals surface area contributed by atoms with Gasteiger partial charge in [0.05, 0.1) is 13.7 Å². The Bertz CT molecular complexity index is 1550. The minimum absolute atomic E-state index is 0.0149. The van der Waals surface area contributed by atoms with Crippen LogP contribution in [0.3, 0.4) is 0 Å². The summed E-state index contributed by atoms with van der Waals surface area (Å²) in [5, 5.41) is 9.60. The van der Waals surface area contributed by atoms with E-state index in [1.807, 2.05) is 0 Å². The smallest absolute Gasteiger partial charge is 0.387 e. The Hall–Kier alpha value is -4.33. The van der Waals surface area contributed by atoms with Crippen LogP contribution in [0.25, 0.3) is 22.6 Å². The molecule has 10 nitrogen and oxygen atoms in total. The first-order chi connectivity index (χ1) is 18.1. The number of aliphatic hydroxyl groups is 1. The third kappa shape index (κ3) is 5.49. The summed E-state index contributed by atoms with van der Waals surface area (Å²) in [7, 11) is 2.92. The number of aromatic nitrogens is 4. The molecular weight excluding hydrogens is 516 g/mol. The molecule has 1 atom stereocenters. The molecule has 38 heavy (non-hydrogen) atoms. The number of rotatable bonds is 10. The predicted octanol–water partition coefficient (Wildman–Crippen LogP) is 2.91. The van der Waals surface area contributed by atoms with E-state index in [0.29, 0.717) is 22.6 Å². The number of nitrogens with one attached hydrogen (secondary N) is 1. The van der Waals surface area contributed by atoms with Crippen LogP contribution >= 0.6 is 0 Å². The minimum Gasteiger partial charge on any atom is -0.493 e. The van der Waals surface area contributed by atoms with Gasteiger partial charge in [0.25, 0.3) is 12.0 Å². The predicted molar refractivity (Wildman–Crippen MR) is 127 cm³/mol. The molecule has 0 saturated heterocycles. The molecule has 0 radical (unpaired) electrons. The van der Waals surface area contributed by atoms with Crippen molar-refractivity contribution < 1.29 is 36.9 Å². The van der Waals surface area contributed by atoms with Crippen LogP contribution in [0.5, 0.6) is 17.2 Å². The molecule has 2 aromatic carbocycles. The summed E-state index contributed by atoms with van der Waals surface area (Å²) in [6, 6.07) is 10.7. The molecule has 202 valence electrons. The SMILES string of the molecule is COc1cc(-c2nc3c(c(=O)[nH]c(=O)n3CC(O)C(F)F)n2C)ccc1OCc1ccc(OC(F)F)cc1. The van der Waals surface area contributed by atoms with E-state index >= 15 is 0 Å². The number of nitrogens with zero attached hydrogens (tertiary/aromatic N) is 3. The molecule has 0 aliphatic heterocycles. The molecular formula is C24H22F4N4O6. The van der Waals surface area contributed by atoms with Crippen molar-refractivity contribution in [2.45, 2.75) is 32.3 Å². The first kappa shape index (κ1) is 26.7. The van der Waals surface area contributed by atoms with Crippen molar-refractivity contribution in [3.05, 3.63) is 68.9 Å². The van der Waals surface area contributed by atoms with Crippen molar-refractivity contribution in [2.75, 3.05) is 7.11 Å². The number of imidazole rings is 1. The summed E-state index contributed by atoms with van der Waals surface area (Å²) in [5.41, 5.74) is -0.854. The molecule has 2 heterocycles. The first-order valence-electron chi connectivity index (χ1n) is 11.1. The molecule has 0 amide bonds. The Morgan fingerprint density at radius 2 is 1.76 bits per heavy atom. The molecule has 2 aromatic heterocycles. The quantitative estimate of drug-likeness (QED) is 0.298. The summed E-state index contributed by atoms with van der Waals surface area (Å²) >= 11 is 0. The second kappa shape index (κ2) is 11.0. The standard InChI is InChI=1S/C24H22F4N4O6/c1-31-18-21(32(10-15(33)19(25)26)24(35)30-22(18)34)29-20(31)13-5-8-16(17(9-13)36-2)37-11-12-3-6-14(7-4-12)38-23(27)28/h3-9,15,19,23,33H,10-11H2,1-2H3,(H,30,34,35). The van der Waals surface area contributed by atoms with Gasteiger partial charge in [0.1, 0.15) is 24.3 Å². The van der Waals surface area contributed by atoms with Gasteiger partial charge in [-0.15, -0.1) is 0 Å². The van der Waals surface area contributed by atoms with E-state index in [1.165, 1.54) is 30.9 Å². The van der Waals surface area contributed by atoms with Crippen molar-refractivity contribution in [1.82, 2.24) is 19.1 Å². The molecule has 14 heteroatoms. The average molecular weight is 538 g/mol. The Labute approximate surface area is 211 Å². The zero-order valence-corrected chi connectivity index (χ0v) is 20.0. The lowest BCUT2D eigenvalue weighted by atomic mass is 10.2. The topological polar surface area (TPSA) is 121 Å². The highest BCUT2D eigenvalue weighted by atomic mass is 19.3. The number of aromatic amines is 1. The highest BCUT2D eigenvalue weighted by Gasteiger charge is 2.23. The van der Waals surface area contributed by atoms with E-state index in [9.17, 15) is 32.3 Å². The molecule has 2 N–H and O–H groups in total. The molecule has 0 spiro atoms. The zero-order chi connectivity index (χ0) is 27.6. The molecule has 1 unspecified atom stereocenters. The monoisotopic (exact) mass is 538 g/mol. The molecule has 0 aliphatic rings. The van der Waals surface area contributed by atoms with Crippen molar-refractivity contribution in [3.8, 4) is 28.6 Å². The lowest BCUT2D eigenvalue weighted by Gasteiger charge is -2.13. The fourth-order valence-electron chi connectivity index (χ4n) is 3.79. The molecule has 0 fully saturated rings. The number of hydrogen-bond donors (Lipinski definition) is 2. The highest BCUT2D eigenvalue weighted by molar-refractivity contribution is 5.77. The Morgan fingerprint density at radius 1 is 1.05 bits per heavy atom. The van der Waals surface area contributed by atoms with E-state index in [4.69, 9.17) is 9.47 Å². The van der Waals surface area contributed by atoms with Crippen LogP contribution in [-0.2, 0) is 20.2 Å². The summed E-state index contributed by atoms with van der Waals surface area (Å²) in [6.07, 6.45) is -5.25. The number of alkyl halides is 4. The largest absolute Gasteiger partial charge is 0.493 e. The molecule has 4 rings (SSSR count). The maximum Gasteiger partial charge on any atom is 0.387 e. The molecule has 0 saturated carbocycles. The fourth-order valence-corrected chi connectivity index (χ4v) is 3.79. The van der Waals surface area contributed by atoms with Crippen LogP contribution in [0.1, 0.15) is 5.56 Å². The van der Waals surface area contributed by atoms with Gasteiger partial charge in [-0.05, 0) is 35.9 Å². The van der Waals surface area contributed by atoms with Crippen molar-refractivity contribution in [2.24, 2.45) is 7.05 Å². The van der Waals surface area contributed by atoms with Crippen LogP contribution in [-0.4, -0.2) is 50.5 Å². The number of aryl methyl sites for hydroxylation is 1. The van der Waals surface area contributed by atoms with Crippen LogP contribution in [0, 0.1) is 0 Å². The van der Waals surface area contributed by atoms with E-state index in [-0.39, 0.29) is 29.3 Å². The minimum atomic E-state index is -3.10. The Balaban J connectivity index is 1.64. The molecule has 0 bridgehead atoms. The first-order valence-corrected chi connectivity index (χ1v) is 11.1. The van der Waals surface area contributed by atoms with Crippen molar-refractivity contribution in [3.63, 3.8) is 0 Å². The maximum absolute atomic E-state index is 12.9. The van der Waals surface area contributed by atoms with E-state index in [2.05, 4.69) is 14.7 Å². The van der Waals surface area contributed by atoms with Gasteiger partial charge in [0.15, 0.2) is 22.7 Å². The molecule has 4 aromatic rings. The normalized spacial score (nSPS) is 12.3. The number of aliphatic hydroxyl groups excluding tert-OH is 1. The summed E-state index contributed by atoms with van der Waals surface area (Å²) in [6.45, 7) is -3.61. The van der Waals surface area contributed by atoms with Gasteiger partial charge in [-0.3, -0.25) is 14.3 Å². The third-order valence-electron chi connectivity index (χ3n) is 5.64. The fraction of sp³-hybridized carbons (Fsp3) is 0.292. The van der Waals surface area contributed by atoms with E-state index < -0.39 is 36.9 Å². The summed E-state index contributed by atoms with van der Waals surface area (Å²) in [5.74, 6) is 0.876. The lowest BCUT2D eigenvalue weighted by Crippen LogP contribution is -2.36. The van der Waals surface area contributed by atoms with Crippen molar-refractivity contribution in [1.29, 1.82) is 0 Å². The average Bonchev–Trinajstić information content (AvgIpc) is 3.22. The van der Waals surface area contributed by atoms with Gasteiger partial charge in [0, 0.05) is 12.6 Å². The zero-order valence-electron chi connectivity index (χ0n) is 20.0. The van der Waals surface area contributed by atoms with Gasteiger partial charge in [-0.25, -0.2) is 18.6 Å². The third-order valence-corrected chi connectivity index (χ3v) is 5.64.